The van der Waals surface area contributed by atoms with Gasteiger partial charge >= 0.3 is 11.9 Å². The predicted octanol–water partition coefficient (Wildman–Crippen LogP) is 4.16. The molecule has 146 valence electrons. The van der Waals surface area contributed by atoms with Crippen molar-refractivity contribution in [2.75, 3.05) is 0 Å². The Morgan fingerprint density at radius 2 is 1.28 bits per heavy atom. The summed E-state index contributed by atoms with van der Waals surface area (Å²) >= 11 is 0. The molecule has 1 unspecified atom stereocenters. The van der Waals surface area contributed by atoms with E-state index >= 15 is 0 Å². The van der Waals surface area contributed by atoms with Crippen molar-refractivity contribution >= 4 is 17.7 Å². The normalized spacial score (nSPS) is 11.2. The van der Waals surface area contributed by atoms with Crippen LogP contribution in [-0.2, 0) is 25.7 Å². The lowest BCUT2D eigenvalue weighted by Crippen LogP contribution is -2.28. The number of hydrogen-bond donors (Lipinski definition) is 0. The third-order valence-electron chi connectivity index (χ3n) is 4.04. The second kappa shape index (κ2) is 9.99. The Balaban J connectivity index is 1.91. The fourth-order valence-corrected chi connectivity index (χ4v) is 2.71. The molecule has 0 aliphatic heterocycles. The highest BCUT2D eigenvalue weighted by molar-refractivity contribution is 6.13. The largest absolute Gasteiger partial charge is 0.457 e. The van der Waals surface area contributed by atoms with E-state index in [0.29, 0.717) is 5.71 Å². The van der Waals surface area contributed by atoms with Gasteiger partial charge in [0.2, 0.25) is 0 Å². The van der Waals surface area contributed by atoms with E-state index in [1.54, 1.807) is 0 Å². The van der Waals surface area contributed by atoms with E-state index in [2.05, 4.69) is 4.99 Å². The molecule has 0 bridgehead atoms. The molecule has 0 amide bonds. The second-order valence-electron chi connectivity index (χ2n) is 6.26. The van der Waals surface area contributed by atoms with E-state index in [-0.39, 0.29) is 6.61 Å². The maximum Gasteiger partial charge on any atom is 0.371 e. The standard InChI is InChI=1S/C24H21NO4/c1-18(26)29-23(24(27)28-17-19-11-5-2-6-12-19)25-22(20-13-7-3-8-14-20)21-15-9-4-10-16-21/h2-16,23H,17H2,1H3. The molecule has 3 aromatic carbocycles. The highest BCUT2D eigenvalue weighted by Gasteiger charge is 2.24. The number of rotatable bonds is 7. The Bertz CT molecular complexity index is 928. The summed E-state index contributed by atoms with van der Waals surface area (Å²) in [5.41, 5.74) is 2.96. The molecule has 0 heterocycles. The summed E-state index contributed by atoms with van der Waals surface area (Å²) in [5, 5.41) is 0. The lowest BCUT2D eigenvalue weighted by Gasteiger charge is -2.15. The number of benzene rings is 3. The van der Waals surface area contributed by atoms with Crippen LogP contribution in [0.3, 0.4) is 0 Å². The molecule has 0 aliphatic carbocycles. The van der Waals surface area contributed by atoms with Crippen molar-refractivity contribution in [3.8, 4) is 0 Å². The van der Waals surface area contributed by atoms with Gasteiger partial charge in [0.15, 0.2) is 0 Å². The number of carbonyl (C=O) groups is 2. The fraction of sp³-hybridized carbons (Fsp3) is 0.125. The van der Waals surface area contributed by atoms with Crippen molar-refractivity contribution in [2.24, 2.45) is 4.99 Å². The maximum atomic E-state index is 12.6. The Hall–Kier alpha value is -3.73. The summed E-state index contributed by atoms with van der Waals surface area (Å²) < 4.78 is 10.5. The second-order valence-corrected chi connectivity index (χ2v) is 6.26. The van der Waals surface area contributed by atoms with Crippen LogP contribution in [0.5, 0.6) is 0 Å². The summed E-state index contributed by atoms with van der Waals surface area (Å²) in [6.45, 7) is 1.30. The van der Waals surface area contributed by atoms with Crippen molar-refractivity contribution in [1.82, 2.24) is 0 Å². The van der Waals surface area contributed by atoms with Gasteiger partial charge in [-0.05, 0) is 5.56 Å². The van der Waals surface area contributed by atoms with Crippen molar-refractivity contribution < 1.29 is 19.1 Å². The zero-order valence-corrected chi connectivity index (χ0v) is 16.0. The van der Waals surface area contributed by atoms with Crippen LogP contribution < -0.4 is 0 Å². The summed E-state index contributed by atoms with van der Waals surface area (Å²) in [4.78, 5) is 28.7. The summed E-state index contributed by atoms with van der Waals surface area (Å²) in [7, 11) is 0. The van der Waals surface area contributed by atoms with Crippen LogP contribution in [0, 0.1) is 0 Å². The van der Waals surface area contributed by atoms with Crippen LogP contribution >= 0.6 is 0 Å². The van der Waals surface area contributed by atoms with Gasteiger partial charge < -0.3 is 9.47 Å². The number of esters is 2. The molecule has 29 heavy (non-hydrogen) atoms. The molecule has 3 rings (SSSR count). The molecule has 0 aromatic heterocycles. The number of carbonyl (C=O) groups excluding carboxylic acids is 2. The molecule has 5 heteroatoms. The Morgan fingerprint density at radius 1 is 0.793 bits per heavy atom. The molecule has 0 radical (unpaired) electrons. The van der Waals surface area contributed by atoms with Crippen LogP contribution in [0.15, 0.2) is 96.0 Å². The van der Waals surface area contributed by atoms with Gasteiger partial charge in [-0.25, -0.2) is 9.79 Å². The molecule has 1 atom stereocenters. The van der Waals surface area contributed by atoms with E-state index in [0.717, 1.165) is 16.7 Å². The topological polar surface area (TPSA) is 65.0 Å². The Kier molecular flexibility index (Phi) is 6.90. The first kappa shape index (κ1) is 20.0. The summed E-state index contributed by atoms with van der Waals surface area (Å²) in [5.74, 6) is -1.34. The van der Waals surface area contributed by atoms with Crippen molar-refractivity contribution in [2.45, 2.75) is 19.8 Å². The van der Waals surface area contributed by atoms with E-state index in [1.807, 2.05) is 91.0 Å². The molecule has 3 aromatic rings. The summed E-state index contributed by atoms with van der Waals surface area (Å²) in [6.07, 6.45) is -1.40. The van der Waals surface area contributed by atoms with Gasteiger partial charge in [0, 0.05) is 18.1 Å². The molecule has 0 spiro atoms. The minimum Gasteiger partial charge on any atom is -0.457 e. The van der Waals surface area contributed by atoms with Crippen molar-refractivity contribution in [1.29, 1.82) is 0 Å². The quantitative estimate of drug-likeness (QED) is 0.451. The van der Waals surface area contributed by atoms with Crippen LogP contribution in [0.4, 0.5) is 0 Å². The van der Waals surface area contributed by atoms with Crippen LogP contribution in [0.1, 0.15) is 23.6 Å². The van der Waals surface area contributed by atoms with E-state index in [4.69, 9.17) is 9.47 Å². The SMILES string of the molecule is CC(=O)OC(N=C(c1ccccc1)c1ccccc1)C(=O)OCc1ccccc1. The molecule has 0 N–H and O–H groups in total. The first-order valence-electron chi connectivity index (χ1n) is 9.20. The minimum atomic E-state index is -1.40. The monoisotopic (exact) mass is 387 g/mol. The minimum absolute atomic E-state index is 0.0684. The first-order chi connectivity index (χ1) is 14.1. The van der Waals surface area contributed by atoms with Gasteiger partial charge in [0.25, 0.3) is 6.23 Å². The number of aliphatic imine (C=N–C) groups is 1. The van der Waals surface area contributed by atoms with Gasteiger partial charge in [-0.1, -0.05) is 91.0 Å². The van der Waals surface area contributed by atoms with Gasteiger partial charge in [0.05, 0.1) is 5.71 Å². The van der Waals surface area contributed by atoms with E-state index in [9.17, 15) is 9.59 Å². The van der Waals surface area contributed by atoms with E-state index in [1.165, 1.54) is 6.92 Å². The third-order valence-corrected chi connectivity index (χ3v) is 4.04. The molecule has 0 fully saturated rings. The molecule has 0 saturated carbocycles. The van der Waals surface area contributed by atoms with Crippen LogP contribution in [0.25, 0.3) is 0 Å². The molecule has 0 aliphatic rings. The van der Waals surface area contributed by atoms with Gasteiger partial charge in [-0.15, -0.1) is 0 Å². The average molecular weight is 387 g/mol. The first-order valence-corrected chi connectivity index (χ1v) is 9.20. The highest BCUT2D eigenvalue weighted by Crippen LogP contribution is 2.14. The number of nitrogens with zero attached hydrogens (tertiary/aromatic N) is 1. The zero-order chi connectivity index (χ0) is 20.5. The Labute approximate surface area is 169 Å². The summed E-state index contributed by atoms with van der Waals surface area (Å²) in [6, 6.07) is 28.1. The van der Waals surface area contributed by atoms with Gasteiger partial charge in [-0.2, -0.15) is 0 Å². The van der Waals surface area contributed by atoms with Crippen molar-refractivity contribution in [3.05, 3.63) is 108 Å². The molecule has 5 nitrogen and oxygen atoms in total. The molecule has 0 saturated heterocycles. The van der Waals surface area contributed by atoms with E-state index < -0.39 is 18.2 Å². The van der Waals surface area contributed by atoms with Crippen molar-refractivity contribution in [3.63, 3.8) is 0 Å². The van der Waals surface area contributed by atoms with Crippen LogP contribution in [0.2, 0.25) is 0 Å². The third kappa shape index (κ3) is 5.87. The zero-order valence-electron chi connectivity index (χ0n) is 16.0. The predicted molar refractivity (Wildman–Crippen MR) is 110 cm³/mol. The number of ether oxygens (including phenoxy) is 2. The number of hydrogen-bond acceptors (Lipinski definition) is 5. The Morgan fingerprint density at radius 3 is 1.76 bits per heavy atom. The fourth-order valence-electron chi connectivity index (χ4n) is 2.71. The lowest BCUT2D eigenvalue weighted by atomic mass is 10.0. The van der Waals surface area contributed by atoms with Gasteiger partial charge in [0.1, 0.15) is 6.61 Å². The molecular weight excluding hydrogens is 366 g/mol. The average Bonchev–Trinajstić information content (AvgIpc) is 2.76. The lowest BCUT2D eigenvalue weighted by molar-refractivity contribution is -0.166. The smallest absolute Gasteiger partial charge is 0.371 e. The van der Waals surface area contributed by atoms with Gasteiger partial charge in [-0.3, -0.25) is 4.79 Å². The highest BCUT2D eigenvalue weighted by atomic mass is 16.6. The maximum absolute atomic E-state index is 12.6. The van der Waals surface area contributed by atoms with Crippen LogP contribution in [-0.4, -0.2) is 23.9 Å². The molecular formula is C24H21NO4.